The average Bonchev–Trinajstić information content (AvgIpc) is 2.34. The zero-order valence-corrected chi connectivity index (χ0v) is 12.7. The van der Waals surface area contributed by atoms with Gasteiger partial charge in [-0.05, 0) is 25.6 Å². The van der Waals surface area contributed by atoms with Crippen molar-refractivity contribution in [2.75, 3.05) is 32.5 Å². The lowest BCUT2D eigenvalue weighted by molar-refractivity contribution is -0.384. The first-order valence-corrected chi connectivity index (χ1v) is 6.53. The van der Waals surface area contributed by atoms with E-state index in [9.17, 15) is 20.0 Å². The van der Waals surface area contributed by atoms with E-state index < -0.39 is 10.9 Å². The second-order valence-electron chi connectivity index (χ2n) is 6.02. The third-order valence-electron chi connectivity index (χ3n) is 2.96. The highest BCUT2D eigenvalue weighted by Crippen LogP contribution is 2.29. The van der Waals surface area contributed by atoms with Gasteiger partial charge in [0, 0.05) is 19.2 Å². The summed E-state index contributed by atoms with van der Waals surface area (Å²) in [6, 6.07) is 4.03. The number of nitrogens with one attached hydrogen (secondary N) is 1. The Kier molecular flexibility index (Phi) is 5.26. The van der Waals surface area contributed by atoms with Crippen LogP contribution in [0.3, 0.4) is 0 Å². The van der Waals surface area contributed by atoms with Crippen molar-refractivity contribution in [3.63, 3.8) is 0 Å². The van der Waals surface area contributed by atoms with Crippen molar-refractivity contribution in [2.24, 2.45) is 5.41 Å². The van der Waals surface area contributed by atoms with Crippen LogP contribution >= 0.6 is 0 Å². The van der Waals surface area contributed by atoms with Gasteiger partial charge >= 0.3 is 5.97 Å². The van der Waals surface area contributed by atoms with E-state index in [0.717, 1.165) is 6.54 Å². The third kappa shape index (κ3) is 4.71. The first-order chi connectivity index (χ1) is 9.64. The van der Waals surface area contributed by atoms with Crippen LogP contribution in [0.25, 0.3) is 0 Å². The number of carboxylic acid groups (broad SMARTS) is 1. The fourth-order valence-electron chi connectivity index (χ4n) is 2.30. The van der Waals surface area contributed by atoms with Gasteiger partial charge in [-0.15, -0.1) is 0 Å². The van der Waals surface area contributed by atoms with Crippen LogP contribution < -0.4 is 5.32 Å². The molecule has 0 amide bonds. The fraction of sp³-hybridized carbons (Fsp3) is 0.500. The monoisotopic (exact) mass is 295 g/mol. The molecule has 0 radical (unpaired) electrons. The van der Waals surface area contributed by atoms with E-state index in [1.165, 1.54) is 18.2 Å². The number of nitro benzene ring substituents is 1. The van der Waals surface area contributed by atoms with Gasteiger partial charge in [0.2, 0.25) is 0 Å². The Labute approximate surface area is 123 Å². The Morgan fingerprint density at radius 1 is 1.43 bits per heavy atom. The number of anilines is 1. The normalized spacial score (nSPS) is 11.5. The molecule has 0 atom stereocenters. The second kappa shape index (κ2) is 6.53. The van der Waals surface area contributed by atoms with Crippen LogP contribution in [-0.4, -0.2) is 48.1 Å². The molecule has 1 rings (SSSR count). The maximum absolute atomic E-state index is 11.2. The highest BCUT2D eigenvalue weighted by atomic mass is 16.6. The molecule has 2 N–H and O–H groups in total. The van der Waals surface area contributed by atoms with Crippen molar-refractivity contribution < 1.29 is 14.8 Å². The number of nitrogens with zero attached hydrogens (tertiary/aromatic N) is 2. The molecular formula is C14H21N3O4. The van der Waals surface area contributed by atoms with Gasteiger partial charge in [0.05, 0.1) is 10.5 Å². The quantitative estimate of drug-likeness (QED) is 0.592. The number of rotatable bonds is 7. The van der Waals surface area contributed by atoms with Crippen molar-refractivity contribution in [1.29, 1.82) is 0 Å². The molecule has 0 aliphatic carbocycles. The van der Waals surface area contributed by atoms with Gasteiger partial charge in [0.15, 0.2) is 0 Å². The van der Waals surface area contributed by atoms with Gasteiger partial charge in [0.25, 0.3) is 5.69 Å². The van der Waals surface area contributed by atoms with Crippen molar-refractivity contribution >= 4 is 17.3 Å². The minimum absolute atomic E-state index is 0.0573. The summed E-state index contributed by atoms with van der Waals surface area (Å²) in [7, 11) is 3.88. The lowest BCUT2D eigenvalue weighted by atomic mass is 9.92. The number of benzene rings is 1. The Balaban J connectivity index is 3.06. The van der Waals surface area contributed by atoms with Crippen molar-refractivity contribution in [1.82, 2.24) is 4.90 Å². The van der Waals surface area contributed by atoms with Gasteiger partial charge in [0.1, 0.15) is 5.69 Å². The molecule has 0 bridgehead atoms. The van der Waals surface area contributed by atoms with Crippen LogP contribution in [-0.2, 0) is 0 Å². The summed E-state index contributed by atoms with van der Waals surface area (Å²) in [5.41, 5.74) is -0.426. The zero-order chi connectivity index (χ0) is 16.2. The van der Waals surface area contributed by atoms with E-state index in [1.807, 2.05) is 32.8 Å². The smallest absolute Gasteiger partial charge is 0.338 e. The molecule has 0 fully saturated rings. The molecule has 0 saturated heterocycles. The summed E-state index contributed by atoms with van der Waals surface area (Å²) in [6.45, 7) is 5.21. The van der Waals surface area contributed by atoms with E-state index >= 15 is 0 Å². The lowest BCUT2D eigenvalue weighted by Crippen LogP contribution is -2.34. The molecule has 7 nitrogen and oxygen atoms in total. The van der Waals surface area contributed by atoms with Crippen molar-refractivity contribution in [3.05, 3.63) is 33.9 Å². The molecule has 0 aliphatic heterocycles. The van der Waals surface area contributed by atoms with Gasteiger partial charge in [-0.2, -0.15) is 0 Å². The molecule has 0 saturated carbocycles. The molecule has 0 unspecified atom stereocenters. The molecule has 116 valence electrons. The zero-order valence-electron chi connectivity index (χ0n) is 12.7. The van der Waals surface area contributed by atoms with Crippen LogP contribution in [0.15, 0.2) is 18.2 Å². The van der Waals surface area contributed by atoms with E-state index in [4.69, 9.17) is 0 Å². The Morgan fingerprint density at radius 3 is 2.52 bits per heavy atom. The summed E-state index contributed by atoms with van der Waals surface area (Å²) >= 11 is 0. The molecule has 7 heteroatoms. The van der Waals surface area contributed by atoms with Gasteiger partial charge in [-0.25, -0.2) is 4.79 Å². The highest BCUT2D eigenvalue weighted by molar-refractivity contribution is 5.96. The summed E-state index contributed by atoms with van der Waals surface area (Å²) in [4.78, 5) is 23.7. The predicted octanol–water partition coefficient (Wildman–Crippen LogP) is 2.29. The van der Waals surface area contributed by atoms with Crippen LogP contribution in [0.1, 0.15) is 24.2 Å². The summed E-state index contributed by atoms with van der Waals surface area (Å²) in [5, 5.41) is 23.2. The molecule has 0 aliphatic rings. The predicted molar refractivity (Wildman–Crippen MR) is 80.9 cm³/mol. The van der Waals surface area contributed by atoms with E-state index in [0.29, 0.717) is 6.54 Å². The lowest BCUT2D eigenvalue weighted by Gasteiger charge is -2.29. The SMILES string of the molecule is CN(C)CC(C)(C)CNc1c(C(=O)O)cccc1[N+](=O)[O-]. The highest BCUT2D eigenvalue weighted by Gasteiger charge is 2.24. The summed E-state index contributed by atoms with van der Waals surface area (Å²) in [6.07, 6.45) is 0. The van der Waals surface area contributed by atoms with Crippen LogP contribution in [0.4, 0.5) is 11.4 Å². The standard InChI is InChI=1S/C14H21N3O4/c1-14(2,9-16(3)4)8-15-12-10(13(18)19)6-5-7-11(12)17(20)21/h5-7,15H,8-9H2,1-4H3,(H,18,19). The Hall–Kier alpha value is -2.15. The van der Waals surface area contributed by atoms with Crippen molar-refractivity contribution in [2.45, 2.75) is 13.8 Å². The number of nitro groups is 1. The van der Waals surface area contributed by atoms with Crippen LogP contribution in [0.2, 0.25) is 0 Å². The van der Waals surface area contributed by atoms with Crippen molar-refractivity contribution in [3.8, 4) is 0 Å². The first-order valence-electron chi connectivity index (χ1n) is 6.53. The number of hydrogen-bond donors (Lipinski definition) is 2. The molecular weight excluding hydrogens is 274 g/mol. The van der Waals surface area contributed by atoms with Crippen LogP contribution in [0.5, 0.6) is 0 Å². The van der Waals surface area contributed by atoms with Gasteiger partial charge in [-0.1, -0.05) is 19.9 Å². The molecule has 21 heavy (non-hydrogen) atoms. The molecule has 1 aromatic carbocycles. The minimum atomic E-state index is -1.19. The fourth-order valence-corrected chi connectivity index (χ4v) is 2.30. The topological polar surface area (TPSA) is 95.7 Å². The molecule has 0 heterocycles. The maximum Gasteiger partial charge on any atom is 0.338 e. The number of hydrogen-bond acceptors (Lipinski definition) is 5. The van der Waals surface area contributed by atoms with E-state index in [2.05, 4.69) is 5.32 Å². The summed E-state index contributed by atoms with van der Waals surface area (Å²) in [5.74, 6) is -1.19. The summed E-state index contributed by atoms with van der Waals surface area (Å²) < 4.78 is 0. The number of carboxylic acids is 1. The third-order valence-corrected chi connectivity index (χ3v) is 2.96. The largest absolute Gasteiger partial charge is 0.478 e. The first kappa shape index (κ1) is 16.9. The van der Waals surface area contributed by atoms with Gasteiger partial charge < -0.3 is 15.3 Å². The Bertz CT molecular complexity index is 509. The Morgan fingerprint density at radius 2 is 2.05 bits per heavy atom. The number of para-hydroxylation sites is 1. The minimum Gasteiger partial charge on any atom is -0.478 e. The number of carbonyl (C=O) groups is 1. The maximum atomic E-state index is 11.2. The van der Waals surface area contributed by atoms with Crippen LogP contribution in [0, 0.1) is 15.5 Å². The average molecular weight is 295 g/mol. The van der Waals surface area contributed by atoms with E-state index in [1.54, 1.807) is 0 Å². The number of aromatic carboxylic acids is 1. The molecule has 0 aromatic heterocycles. The molecule has 0 spiro atoms. The molecule has 1 aromatic rings. The second-order valence-corrected chi connectivity index (χ2v) is 6.02. The van der Waals surface area contributed by atoms with Gasteiger partial charge in [-0.3, -0.25) is 10.1 Å². The van der Waals surface area contributed by atoms with E-state index in [-0.39, 0.29) is 22.4 Å².